The van der Waals surface area contributed by atoms with Crippen LogP contribution >= 0.6 is 0 Å². The van der Waals surface area contributed by atoms with E-state index < -0.39 is 6.10 Å². The monoisotopic (exact) mass is 216 g/mol. The molecule has 0 spiro atoms. The van der Waals surface area contributed by atoms with Crippen LogP contribution in [-0.2, 0) is 14.3 Å². The Morgan fingerprint density at radius 3 is 2.47 bits per heavy atom. The van der Waals surface area contributed by atoms with E-state index in [0.717, 1.165) is 0 Å². The number of hydrogen-bond donors (Lipinski definition) is 1. The summed E-state index contributed by atoms with van der Waals surface area (Å²) in [7, 11) is 1.50. The lowest BCUT2D eigenvalue weighted by Gasteiger charge is -2.36. The second-order valence-electron chi connectivity index (χ2n) is 3.96. The fourth-order valence-electron chi connectivity index (χ4n) is 1.86. The predicted octanol–water partition coefficient (Wildman–Crippen LogP) is -0.404. The second kappa shape index (κ2) is 5.44. The molecule has 1 aliphatic rings. The molecule has 1 heterocycles. The van der Waals surface area contributed by atoms with Gasteiger partial charge in [0.25, 0.3) is 5.91 Å². The van der Waals surface area contributed by atoms with Crippen LogP contribution in [0.2, 0.25) is 0 Å². The van der Waals surface area contributed by atoms with Crippen molar-refractivity contribution in [3.05, 3.63) is 0 Å². The molecule has 15 heavy (non-hydrogen) atoms. The van der Waals surface area contributed by atoms with Gasteiger partial charge >= 0.3 is 0 Å². The minimum atomic E-state index is -0.525. The van der Waals surface area contributed by atoms with E-state index >= 15 is 0 Å². The van der Waals surface area contributed by atoms with Crippen LogP contribution in [0.15, 0.2) is 0 Å². The Morgan fingerprint density at radius 2 is 2.07 bits per heavy atom. The standard InChI is InChI=1S/C10H20N2O3/c1-7-5-12(6-8(2)15-7)10(13)9(4-11)14-3/h7-9H,4-6,11H2,1-3H3/t7-,8+,9?. The first-order chi connectivity index (χ1) is 7.08. The molecule has 0 aromatic carbocycles. The number of ether oxygens (including phenoxy) is 2. The molecule has 1 unspecified atom stereocenters. The molecule has 0 aliphatic carbocycles. The lowest BCUT2D eigenvalue weighted by Crippen LogP contribution is -2.52. The van der Waals surface area contributed by atoms with Gasteiger partial charge in [-0.1, -0.05) is 0 Å². The number of amides is 1. The van der Waals surface area contributed by atoms with Crippen molar-refractivity contribution in [2.24, 2.45) is 5.73 Å². The Balaban J connectivity index is 2.58. The molecular formula is C10H20N2O3. The first kappa shape index (κ1) is 12.4. The average Bonchev–Trinajstić information content (AvgIpc) is 2.18. The molecule has 0 aromatic heterocycles. The van der Waals surface area contributed by atoms with E-state index in [4.69, 9.17) is 15.2 Å². The van der Waals surface area contributed by atoms with Crippen LogP contribution in [0.3, 0.4) is 0 Å². The van der Waals surface area contributed by atoms with Gasteiger partial charge in [0.1, 0.15) is 6.10 Å². The summed E-state index contributed by atoms with van der Waals surface area (Å²) in [6, 6.07) is 0. The fraction of sp³-hybridized carbons (Fsp3) is 0.900. The van der Waals surface area contributed by atoms with Gasteiger partial charge in [0.2, 0.25) is 0 Å². The van der Waals surface area contributed by atoms with E-state index in [9.17, 15) is 4.79 Å². The molecule has 0 radical (unpaired) electrons. The summed E-state index contributed by atoms with van der Waals surface area (Å²) in [4.78, 5) is 13.7. The van der Waals surface area contributed by atoms with Crippen molar-refractivity contribution in [3.8, 4) is 0 Å². The molecular weight excluding hydrogens is 196 g/mol. The van der Waals surface area contributed by atoms with Crippen molar-refractivity contribution in [2.45, 2.75) is 32.2 Å². The third kappa shape index (κ3) is 3.15. The lowest BCUT2D eigenvalue weighted by atomic mass is 10.2. The molecule has 1 fully saturated rings. The highest BCUT2D eigenvalue weighted by Gasteiger charge is 2.29. The molecule has 1 amide bonds. The van der Waals surface area contributed by atoms with E-state index in [1.807, 2.05) is 13.8 Å². The second-order valence-corrected chi connectivity index (χ2v) is 3.96. The first-order valence-corrected chi connectivity index (χ1v) is 5.25. The van der Waals surface area contributed by atoms with Crippen LogP contribution in [0.25, 0.3) is 0 Å². The average molecular weight is 216 g/mol. The number of carbonyl (C=O) groups is 1. The van der Waals surface area contributed by atoms with Crippen LogP contribution in [-0.4, -0.2) is 55.9 Å². The van der Waals surface area contributed by atoms with Gasteiger partial charge in [0, 0.05) is 26.7 Å². The van der Waals surface area contributed by atoms with E-state index in [-0.39, 0.29) is 24.7 Å². The molecule has 1 saturated heterocycles. The maximum atomic E-state index is 11.9. The van der Waals surface area contributed by atoms with Gasteiger partial charge in [-0.3, -0.25) is 4.79 Å². The number of morpholine rings is 1. The topological polar surface area (TPSA) is 64.8 Å². The summed E-state index contributed by atoms with van der Waals surface area (Å²) in [5, 5.41) is 0. The van der Waals surface area contributed by atoms with E-state index in [1.165, 1.54) is 7.11 Å². The molecule has 0 aromatic rings. The zero-order chi connectivity index (χ0) is 11.4. The Bertz CT molecular complexity index is 209. The van der Waals surface area contributed by atoms with Gasteiger partial charge in [-0.25, -0.2) is 0 Å². The highest BCUT2D eigenvalue weighted by molar-refractivity contribution is 5.81. The normalized spacial score (nSPS) is 28.9. The summed E-state index contributed by atoms with van der Waals surface area (Å²) in [6.07, 6.45) is -0.372. The predicted molar refractivity (Wildman–Crippen MR) is 56.4 cm³/mol. The van der Waals surface area contributed by atoms with Gasteiger partial charge in [0.05, 0.1) is 12.2 Å². The van der Waals surface area contributed by atoms with Crippen LogP contribution in [0, 0.1) is 0 Å². The van der Waals surface area contributed by atoms with Crippen molar-refractivity contribution >= 4 is 5.91 Å². The van der Waals surface area contributed by atoms with Gasteiger partial charge < -0.3 is 20.1 Å². The molecule has 5 heteroatoms. The molecule has 5 nitrogen and oxygen atoms in total. The number of nitrogens with two attached hydrogens (primary N) is 1. The quantitative estimate of drug-likeness (QED) is 0.697. The zero-order valence-corrected chi connectivity index (χ0v) is 9.60. The number of rotatable bonds is 3. The van der Waals surface area contributed by atoms with E-state index in [0.29, 0.717) is 13.1 Å². The van der Waals surface area contributed by atoms with Crippen molar-refractivity contribution in [3.63, 3.8) is 0 Å². The zero-order valence-electron chi connectivity index (χ0n) is 9.60. The third-order valence-electron chi connectivity index (χ3n) is 2.51. The lowest BCUT2D eigenvalue weighted by molar-refractivity contribution is -0.152. The Labute approximate surface area is 90.5 Å². The van der Waals surface area contributed by atoms with Gasteiger partial charge in [-0.2, -0.15) is 0 Å². The SMILES string of the molecule is COC(CN)C(=O)N1C[C@@H](C)O[C@@H](C)C1. The number of nitrogens with zero attached hydrogens (tertiary/aromatic N) is 1. The largest absolute Gasteiger partial charge is 0.372 e. The number of hydrogen-bond acceptors (Lipinski definition) is 4. The van der Waals surface area contributed by atoms with Gasteiger partial charge in [0.15, 0.2) is 0 Å². The minimum Gasteiger partial charge on any atom is -0.372 e. The molecule has 0 bridgehead atoms. The van der Waals surface area contributed by atoms with Crippen LogP contribution in [0.1, 0.15) is 13.8 Å². The van der Waals surface area contributed by atoms with Crippen LogP contribution in [0.4, 0.5) is 0 Å². The maximum absolute atomic E-state index is 11.9. The summed E-state index contributed by atoms with van der Waals surface area (Å²) >= 11 is 0. The first-order valence-electron chi connectivity index (χ1n) is 5.25. The molecule has 1 aliphatic heterocycles. The summed E-state index contributed by atoms with van der Waals surface area (Å²) in [5.41, 5.74) is 5.46. The maximum Gasteiger partial charge on any atom is 0.253 e. The Morgan fingerprint density at radius 1 is 1.53 bits per heavy atom. The van der Waals surface area contributed by atoms with Crippen LogP contribution < -0.4 is 5.73 Å². The smallest absolute Gasteiger partial charge is 0.253 e. The highest BCUT2D eigenvalue weighted by Crippen LogP contribution is 2.12. The molecule has 1 rings (SSSR count). The Hall–Kier alpha value is -0.650. The highest BCUT2D eigenvalue weighted by atomic mass is 16.5. The molecule has 3 atom stereocenters. The molecule has 88 valence electrons. The number of carbonyl (C=O) groups excluding carboxylic acids is 1. The molecule has 0 saturated carbocycles. The summed E-state index contributed by atoms with van der Waals surface area (Å²) in [6.45, 7) is 5.36. The number of methoxy groups -OCH3 is 1. The van der Waals surface area contributed by atoms with Crippen LogP contribution in [0.5, 0.6) is 0 Å². The van der Waals surface area contributed by atoms with E-state index in [2.05, 4.69) is 0 Å². The van der Waals surface area contributed by atoms with Gasteiger partial charge in [-0.15, -0.1) is 0 Å². The van der Waals surface area contributed by atoms with Crippen molar-refractivity contribution in [1.82, 2.24) is 4.90 Å². The minimum absolute atomic E-state index is 0.0398. The third-order valence-corrected chi connectivity index (χ3v) is 2.51. The van der Waals surface area contributed by atoms with Crippen molar-refractivity contribution in [2.75, 3.05) is 26.7 Å². The fourth-order valence-corrected chi connectivity index (χ4v) is 1.86. The van der Waals surface area contributed by atoms with E-state index in [1.54, 1.807) is 4.90 Å². The van der Waals surface area contributed by atoms with Crippen molar-refractivity contribution in [1.29, 1.82) is 0 Å². The summed E-state index contributed by atoms with van der Waals surface area (Å²) in [5.74, 6) is -0.0398. The Kier molecular flexibility index (Phi) is 4.50. The molecule has 2 N–H and O–H groups in total. The van der Waals surface area contributed by atoms with Crippen molar-refractivity contribution < 1.29 is 14.3 Å². The van der Waals surface area contributed by atoms with Gasteiger partial charge in [-0.05, 0) is 13.8 Å². The summed E-state index contributed by atoms with van der Waals surface area (Å²) < 4.78 is 10.6.